The fourth-order valence-corrected chi connectivity index (χ4v) is 2.47. The first-order valence-corrected chi connectivity index (χ1v) is 9.63. The minimum absolute atomic E-state index is 0.0973. The molecule has 1 rings (SSSR count). The van der Waals surface area contributed by atoms with E-state index in [-0.39, 0.29) is 18.1 Å². The van der Waals surface area contributed by atoms with Crippen LogP contribution < -0.4 is 9.61 Å². The van der Waals surface area contributed by atoms with Gasteiger partial charge in [0.2, 0.25) is 0 Å². The van der Waals surface area contributed by atoms with Crippen LogP contribution in [0.15, 0.2) is 30.3 Å². The zero-order valence-corrected chi connectivity index (χ0v) is 16.1. The van der Waals surface area contributed by atoms with E-state index in [0.717, 1.165) is 5.75 Å². The first-order valence-electron chi connectivity index (χ1n) is 7.92. The van der Waals surface area contributed by atoms with E-state index < -0.39 is 8.30 Å². The molecule has 5 heteroatoms. The van der Waals surface area contributed by atoms with E-state index in [2.05, 4.69) is 5.09 Å². The van der Waals surface area contributed by atoms with Gasteiger partial charge in [0, 0.05) is 6.66 Å². The van der Waals surface area contributed by atoms with Crippen LogP contribution in [0, 0.1) is 0 Å². The van der Waals surface area contributed by atoms with Crippen molar-refractivity contribution in [3.8, 4) is 5.75 Å². The average molecular weight is 329 g/mol. The predicted molar refractivity (Wildman–Crippen MR) is 96.4 cm³/mol. The molecule has 0 unspecified atom stereocenters. The maximum atomic E-state index is 11.6. The van der Waals surface area contributed by atoms with Crippen LogP contribution in [-0.2, 0) is 9.53 Å². The van der Waals surface area contributed by atoms with Gasteiger partial charge in [-0.2, -0.15) is 0 Å². The molecule has 0 aliphatic heterocycles. The van der Waals surface area contributed by atoms with Crippen LogP contribution in [0.5, 0.6) is 5.75 Å². The number of hydrogen-bond acceptors (Lipinski definition) is 4. The van der Waals surface area contributed by atoms with Crippen LogP contribution in [0.1, 0.15) is 48.5 Å². The van der Waals surface area contributed by atoms with Crippen LogP contribution in [0.4, 0.5) is 0 Å². The van der Waals surface area contributed by atoms with Crippen molar-refractivity contribution in [3.05, 3.63) is 30.3 Å². The highest BCUT2D eigenvalue weighted by Crippen LogP contribution is 2.30. The summed E-state index contributed by atoms with van der Waals surface area (Å²) in [6.45, 7) is 15.4. The second-order valence-electron chi connectivity index (χ2n) is 4.24. The summed E-state index contributed by atoms with van der Waals surface area (Å²) >= 11 is 0. The predicted octanol–water partition coefficient (Wildman–Crippen LogP) is 4.99. The van der Waals surface area contributed by atoms with Crippen molar-refractivity contribution in [2.24, 2.45) is 0 Å². The van der Waals surface area contributed by atoms with Gasteiger partial charge in [0.15, 0.2) is 8.30 Å². The number of nitrogens with one attached hydrogen (secondary N) is 1. The topological polar surface area (TPSA) is 47.6 Å². The van der Waals surface area contributed by atoms with E-state index >= 15 is 0 Å². The fraction of sp³-hybridized carbons (Fsp3) is 0.588. The van der Waals surface area contributed by atoms with E-state index in [1.807, 2.05) is 78.5 Å². The van der Waals surface area contributed by atoms with E-state index in [4.69, 9.17) is 9.26 Å². The molecule has 0 amide bonds. The van der Waals surface area contributed by atoms with Gasteiger partial charge in [0.05, 0.1) is 6.10 Å². The average Bonchev–Trinajstić information content (AvgIpc) is 2.51. The molecule has 0 heterocycles. The molecule has 1 aromatic carbocycles. The van der Waals surface area contributed by atoms with E-state index in [9.17, 15) is 4.79 Å². The third-order valence-electron chi connectivity index (χ3n) is 2.07. The molecule has 22 heavy (non-hydrogen) atoms. The highest BCUT2D eigenvalue weighted by molar-refractivity contribution is 7.49. The highest BCUT2D eigenvalue weighted by atomic mass is 31.2. The van der Waals surface area contributed by atoms with Crippen molar-refractivity contribution < 1.29 is 14.1 Å². The molecule has 1 N–H and O–H groups in total. The van der Waals surface area contributed by atoms with Crippen molar-refractivity contribution in [1.82, 2.24) is 5.09 Å². The second kappa shape index (κ2) is 14.8. The smallest absolute Gasteiger partial charge is 0.323 e. The molecule has 1 aromatic rings. The Kier molecular flexibility index (Phi) is 15.6. The normalized spacial score (nSPS) is 12.0. The van der Waals surface area contributed by atoms with Crippen molar-refractivity contribution >= 4 is 14.3 Å². The Morgan fingerprint density at radius 1 is 1.05 bits per heavy atom. The van der Waals surface area contributed by atoms with Crippen molar-refractivity contribution in [3.63, 3.8) is 0 Å². The van der Waals surface area contributed by atoms with Gasteiger partial charge in [-0.15, -0.1) is 0 Å². The van der Waals surface area contributed by atoms with Crippen LogP contribution in [0.3, 0.4) is 0 Å². The summed E-state index contributed by atoms with van der Waals surface area (Å²) in [7, 11) is -0.905. The second-order valence-corrected chi connectivity index (χ2v) is 5.67. The third kappa shape index (κ3) is 11.5. The Bertz CT molecular complexity index is 371. The lowest BCUT2D eigenvalue weighted by Gasteiger charge is -2.20. The minimum Gasteiger partial charge on any atom is -0.462 e. The molecule has 0 bridgehead atoms. The highest BCUT2D eigenvalue weighted by Gasteiger charge is 2.18. The van der Waals surface area contributed by atoms with Gasteiger partial charge in [-0.1, -0.05) is 45.9 Å². The van der Waals surface area contributed by atoms with Gasteiger partial charge >= 0.3 is 5.97 Å². The number of hydrogen-bond donors (Lipinski definition) is 1. The van der Waals surface area contributed by atoms with Crippen LogP contribution in [-0.4, -0.2) is 24.8 Å². The molecule has 4 nitrogen and oxygen atoms in total. The van der Waals surface area contributed by atoms with Gasteiger partial charge in [-0.3, -0.25) is 9.88 Å². The van der Waals surface area contributed by atoms with Gasteiger partial charge in [-0.25, -0.2) is 0 Å². The Labute approximate surface area is 137 Å². The number of ether oxygens (including phenoxy) is 1. The maximum Gasteiger partial charge on any atom is 0.323 e. The maximum absolute atomic E-state index is 11.6. The minimum atomic E-state index is -0.905. The van der Waals surface area contributed by atoms with Crippen LogP contribution in [0.2, 0.25) is 0 Å². The molecular weight excluding hydrogens is 297 g/mol. The van der Waals surface area contributed by atoms with Gasteiger partial charge in [0.1, 0.15) is 11.8 Å². The molecule has 0 saturated heterocycles. The molecule has 0 saturated carbocycles. The molecule has 0 aliphatic carbocycles. The zero-order valence-electron chi connectivity index (χ0n) is 15.2. The lowest BCUT2D eigenvalue weighted by molar-refractivity contribution is -0.148. The number of rotatable bonds is 6. The van der Waals surface area contributed by atoms with Crippen molar-refractivity contribution in [1.29, 1.82) is 0 Å². The lowest BCUT2D eigenvalue weighted by Crippen LogP contribution is -2.34. The standard InChI is InChI=1S/C13H20NO3P.2C2H6/c1-10(2)16-13(15)11(3)14-18(4)17-12-8-6-5-7-9-12;2*1-2/h5-11,14H,1-4H3;2*1-2H3/t11-,18-;;/m0../s1. The zero-order chi connectivity index (χ0) is 17.5. The first kappa shape index (κ1) is 23.2. The summed E-state index contributed by atoms with van der Waals surface area (Å²) in [5.41, 5.74) is 0. The Morgan fingerprint density at radius 2 is 1.55 bits per heavy atom. The monoisotopic (exact) mass is 329 g/mol. The molecule has 0 spiro atoms. The van der Waals surface area contributed by atoms with E-state index in [1.165, 1.54) is 0 Å². The Hall–Kier alpha value is -1.12. The molecule has 0 fully saturated rings. The SMILES string of the molecule is CC.CC.CC(C)OC(=O)[C@H](C)N[P@](C)Oc1ccccc1. The number of carbonyl (C=O) groups is 1. The van der Waals surface area contributed by atoms with Crippen molar-refractivity contribution in [2.75, 3.05) is 6.66 Å². The van der Waals surface area contributed by atoms with Crippen molar-refractivity contribution in [2.45, 2.75) is 60.6 Å². The van der Waals surface area contributed by atoms with E-state index in [1.54, 1.807) is 6.92 Å². The third-order valence-corrected chi connectivity index (χ3v) is 3.30. The molecule has 0 aromatic heterocycles. The number of para-hydroxylation sites is 1. The van der Waals surface area contributed by atoms with Crippen LogP contribution in [0.25, 0.3) is 0 Å². The summed E-state index contributed by atoms with van der Waals surface area (Å²) in [6.07, 6.45) is -0.0973. The number of benzene rings is 1. The van der Waals surface area contributed by atoms with E-state index in [0.29, 0.717) is 0 Å². The fourth-order valence-electron chi connectivity index (χ4n) is 1.33. The quantitative estimate of drug-likeness (QED) is 0.590. The van der Waals surface area contributed by atoms with Gasteiger partial charge in [0.25, 0.3) is 0 Å². The lowest BCUT2D eigenvalue weighted by atomic mass is 10.3. The largest absolute Gasteiger partial charge is 0.462 e. The molecule has 0 radical (unpaired) electrons. The summed E-state index contributed by atoms with van der Waals surface area (Å²) in [5, 5.41) is 3.10. The number of esters is 1. The van der Waals surface area contributed by atoms with Gasteiger partial charge in [-0.05, 0) is 32.9 Å². The Balaban J connectivity index is 0. The summed E-state index contributed by atoms with van der Waals surface area (Å²) in [5.74, 6) is 0.541. The summed E-state index contributed by atoms with van der Waals surface area (Å²) in [4.78, 5) is 11.6. The number of carbonyl (C=O) groups excluding carboxylic acids is 1. The molecule has 128 valence electrons. The molecular formula is C17H32NO3P. The molecule has 0 aliphatic rings. The van der Waals surface area contributed by atoms with Crippen LogP contribution >= 0.6 is 8.30 Å². The molecule has 2 atom stereocenters. The first-order chi connectivity index (χ1) is 10.5. The summed E-state index contributed by atoms with van der Waals surface area (Å²) in [6, 6.07) is 9.16. The van der Waals surface area contributed by atoms with Gasteiger partial charge < -0.3 is 9.26 Å². The Morgan fingerprint density at radius 3 is 2.00 bits per heavy atom. The summed E-state index contributed by atoms with van der Waals surface area (Å²) < 4.78 is 10.8.